The smallest absolute Gasteiger partial charge is 0.313 e. The van der Waals surface area contributed by atoms with E-state index >= 15 is 0 Å². The van der Waals surface area contributed by atoms with Crippen molar-refractivity contribution in [3.8, 4) is 0 Å². The van der Waals surface area contributed by atoms with Crippen LogP contribution in [-0.2, 0) is 16.1 Å². The minimum absolute atomic E-state index is 0.0506. The molecule has 3 aromatic rings. The molecule has 0 atom stereocenters. The lowest BCUT2D eigenvalue weighted by Gasteiger charge is -2.07. The first-order valence-electron chi connectivity index (χ1n) is 8.88. The third kappa shape index (κ3) is 4.95. The summed E-state index contributed by atoms with van der Waals surface area (Å²) in [5.74, 6) is -2.07. The van der Waals surface area contributed by atoms with E-state index in [0.29, 0.717) is 20.9 Å². The highest BCUT2D eigenvalue weighted by Gasteiger charge is 2.20. The van der Waals surface area contributed by atoms with Gasteiger partial charge in [0.05, 0.1) is 16.3 Å². The Bertz CT molecular complexity index is 1120. The first kappa shape index (κ1) is 20.9. The van der Waals surface area contributed by atoms with Gasteiger partial charge in [0.25, 0.3) is 5.69 Å². The Balaban J connectivity index is 1.60. The summed E-state index contributed by atoms with van der Waals surface area (Å²) in [6.07, 6.45) is 0. The van der Waals surface area contributed by atoms with Crippen molar-refractivity contribution in [3.05, 3.63) is 91.7 Å². The third-order valence-corrected chi connectivity index (χ3v) is 5.23. The Labute approximate surface area is 175 Å². The van der Waals surface area contributed by atoms with E-state index in [1.807, 2.05) is 6.07 Å². The molecule has 3 rings (SSSR count). The Kier molecular flexibility index (Phi) is 6.33. The van der Waals surface area contributed by atoms with Gasteiger partial charge in [0.15, 0.2) is 0 Å². The van der Waals surface area contributed by atoms with Crippen molar-refractivity contribution in [1.82, 2.24) is 5.32 Å². The van der Waals surface area contributed by atoms with E-state index < -0.39 is 16.7 Å². The zero-order valence-corrected chi connectivity index (χ0v) is 16.7. The summed E-state index contributed by atoms with van der Waals surface area (Å²) in [7, 11) is 0. The molecular formula is C21H17N3O5S. The number of carbonyl (C=O) groups excluding carboxylic acids is 3. The predicted octanol–water partition coefficient (Wildman–Crippen LogP) is 3.45. The van der Waals surface area contributed by atoms with Gasteiger partial charge in [-0.05, 0) is 30.7 Å². The van der Waals surface area contributed by atoms with E-state index in [0.717, 1.165) is 0 Å². The van der Waals surface area contributed by atoms with Gasteiger partial charge in [0.2, 0.25) is 5.78 Å². The number of anilines is 1. The average molecular weight is 423 g/mol. The Morgan fingerprint density at radius 2 is 1.73 bits per heavy atom. The molecule has 8 nitrogen and oxygen atoms in total. The minimum Gasteiger partial charge on any atom is -0.343 e. The zero-order chi connectivity index (χ0) is 21.7. The van der Waals surface area contributed by atoms with Gasteiger partial charge in [-0.2, -0.15) is 0 Å². The number of carbonyl (C=O) groups is 3. The van der Waals surface area contributed by atoms with Crippen molar-refractivity contribution >= 4 is 40.3 Å². The summed E-state index contributed by atoms with van der Waals surface area (Å²) in [5.41, 5.74) is 0.868. The van der Waals surface area contributed by atoms with E-state index in [2.05, 4.69) is 10.6 Å². The highest BCUT2D eigenvalue weighted by atomic mass is 32.1. The number of nitro groups is 1. The predicted molar refractivity (Wildman–Crippen MR) is 113 cm³/mol. The minimum atomic E-state index is -1.01. The van der Waals surface area contributed by atoms with E-state index in [4.69, 9.17) is 0 Å². The normalized spacial score (nSPS) is 10.3. The second kappa shape index (κ2) is 9.10. The fourth-order valence-corrected chi connectivity index (χ4v) is 3.56. The van der Waals surface area contributed by atoms with Crippen LogP contribution in [0.2, 0.25) is 0 Å². The van der Waals surface area contributed by atoms with Crippen molar-refractivity contribution in [2.45, 2.75) is 13.5 Å². The van der Waals surface area contributed by atoms with Crippen LogP contribution < -0.4 is 10.6 Å². The van der Waals surface area contributed by atoms with Crippen LogP contribution in [0.5, 0.6) is 0 Å². The summed E-state index contributed by atoms with van der Waals surface area (Å²) in [6, 6.07) is 16.5. The van der Waals surface area contributed by atoms with Gasteiger partial charge in [-0.3, -0.25) is 24.5 Å². The van der Waals surface area contributed by atoms with E-state index in [1.54, 1.807) is 49.4 Å². The molecule has 0 saturated carbocycles. The topological polar surface area (TPSA) is 118 Å². The number of nitrogens with zero attached hydrogens (tertiary/aromatic N) is 1. The first-order valence-corrected chi connectivity index (χ1v) is 9.69. The molecule has 30 heavy (non-hydrogen) atoms. The van der Waals surface area contributed by atoms with Gasteiger partial charge in [-0.25, -0.2) is 0 Å². The number of aryl methyl sites for hydroxylation is 1. The van der Waals surface area contributed by atoms with E-state index in [-0.39, 0.29) is 23.7 Å². The van der Waals surface area contributed by atoms with E-state index in [1.165, 1.54) is 23.5 Å². The van der Waals surface area contributed by atoms with Crippen molar-refractivity contribution < 1.29 is 19.3 Å². The van der Waals surface area contributed by atoms with Crippen LogP contribution in [0.4, 0.5) is 11.4 Å². The number of thiophene rings is 1. The lowest BCUT2D eigenvalue weighted by molar-refractivity contribution is -0.384. The van der Waals surface area contributed by atoms with Crippen LogP contribution in [0, 0.1) is 17.0 Å². The molecule has 0 spiro atoms. The van der Waals surface area contributed by atoms with Crippen LogP contribution in [0.25, 0.3) is 0 Å². The highest BCUT2D eigenvalue weighted by Crippen LogP contribution is 2.25. The number of hydrogen-bond donors (Lipinski definition) is 2. The number of amides is 2. The van der Waals surface area contributed by atoms with Crippen molar-refractivity contribution in [3.63, 3.8) is 0 Å². The molecule has 0 bridgehead atoms. The van der Waals surface area contributed by atoms with Crippen molar-refractivity contribution in [2.75, 3.05) is 5.32 Å². The quantitative estimate of drug-likeness (QED) is 0.272. The maximum atomic E-state index is 12.4. The molecule has 0 radical (unpaired) electrons. The largest absolute Gasteiger partial charge is 0.343 e. The maximum absolute atomic E-state index is 12.4. The van der Waals surface area contributed by atoms with Gasteiger partial charge in [0.1, 0.15) is 5.69 Å². The average Bonchev–Trinajstić information content (AvgIpc) is 3.22. The molecule has 1 aromatic heterocycles. The second-order valence-corrected chi connectivity index (χ2v) is 7.54. The summed E-state index contributed by atoms with van der Waals surface area (Å²) in [4.78, 5) is 48.3. The maximum Gasteiger partial charge on any atom is 0.313 e. The molecule has 0 saturated heterocycles. The molecule has 0 aliphatic carbocycles. The zero-order valence-electron chi connectivity index (χ0n) is 15.9. The van der Waals surface area contributed by atoms with Crippen molar-refractivity contribution in [1.29, 1.82) is 0 Å². The monoisotopic (exact) mass is 423 g/mol. The SMILES string of the molecule is Cc1ccc(NC(=O)C(=O)NCc2ccc(C(=O)c3ccccc3)s2)c([N+](=O)[O-])c1. The van der Waals surface area contributed by atoms with E-state index in [9.17, 15) is 24.5 Å². The van der Waals surface area contributed by atoms with Gasteiger partial charge in [0, 0.05) is 16.5 Å². The lowest BCUT2D eigenvalue weighted by Crippen LogP contribution is -2.34. The van der Waals surface area contributed by atoms with Gasteiger partial charge < -0.3 is 10.6 Å². The van der Waals surface area contributed by atoms with Gasteiger partial charge in [-0.15, -0.1) is 11.3 Å². The Morgan fingerprint density at radius 3 is 2.43 bits per heavy atom. The van der Waals surface area contributed by atoms with Crippen LogP contribution in [0.3, 0.4) is 0 Å². The number of nitro benzene ring substituents is 1. The Morgan fingerprint density at radius 1 is 1.00 bits per heavy atom. The summed E-state index contributed by atoms with van der Waals surface area (Å²) in [5, 5.41) is 15.8. The fraction of sp³-hybridized carbons (Fsp3) is 0.0952. The molecule has 0 unspecified atom stereocenters. The molecule has 2 amide bonds. The Hall–Kier alpha value is -3.85. The first-order chi connectivity index (χ1) is 14.3. The number of hydrogen-bond acceptors (Lipinski definition) is 6. The van der Waals surface area contributed by atoms with Crippen LogP contribution >= 0.6 is 11.3 Å². The molecule has 0 fully saturated rings. The molecule has 2 N–H and O–H groups in total. The van der Waals surface area contributed by atoms with Crippen LogP contribution in [-0.4, -0.2) is 22.5 Å². The summed E-state index contributed by atoms with van der Waals surface area (Å²) < 4.78 is 0. The number of benzene rings is 2. The molecule has 152 valence electrons. The summed E-state index contributed by atoms with van der Waals surface area (Å²) in [6.45, 7) is 1.73. The second-order valence-electron chi connectivity index (χ2n) is 6.38. The van der Waals surface area contributed by atoms with Gasteiger partial charge in [-0.1, -0.05) is 36.4 Å². The van der Waals surface area contributed by atoms with Crippen LogP contribution in [0.1, 0.15) is 25.7 Å². The standard InChI is InChI=1S/C21H17N3O5S/c1-13-7-9-16(17(11-13)24(28)29)23-21(27)20(26)22-12-15-8-10-18(30-15)19(25)14-5-3-2-4-6-14/h2-11H,12H2,1H3,(H,22,26)(H,23,27). The number of nitrogens with one attached hydrogen (secondary N) is 2. The summed E-state index contributed by atoms with van der Waals surface area (Å²) >= 11 is 1.22. The molecule has 0 aliphatic heterocycles. The molecule has 9 heteroatoms. The fourth-order valence-electron chi connectivity index (χ4n) is 2.65. The van der Waals surface area contributed by atoms with Crippen LogP contribution in [0.15, 0.2) is 60.7 Å². The number of ketones is 1. The molecule has 0 aliphatic rings. The lowest BCUT2D eigenvalue weighted by atomic mass is 10.1. The molecule has 2 aromatic carbocycles. The van der Waals surface area contributed by atoms with Crippen molar-refractivity contribution in [2.24, 2.45) is 0 Å². The number of rotatable bonds is 6. The van der Waals surface area contributed by atoms with Gasteiger partial charge >= 0.3 is 11.8 Å². The molecular weight excluding hydrogens is 406 g/mol. The third-order valence-electron chi connectivity index (χ3n) is 4.15. The molecule has 1 heterocycles. The highest BCUT2D eigenvalue weighted by molar-refractivity contribution is 7.14.